The standard InChI is InChI=1S/C19H22N6O/c1-14-21-18(24-10-8-23(2)9-11-24)17-19(22-14)25(16(26)12-20-17)13-15-6-4-3-5-7-15/h3-7,12H,8-11,13H2,1-2H3. The van der Waals surface area contributed by atoms with Gasteiger partial charge in [-0.05, 0) is 19.5 Å². The summed E-state index contributed by atoms with van der Waals surface area (Å²) in [5, 5.41) is 0. The Morgan fingerprint density at radius 1 is 1.04 bits per heavy atom. The lowest BCUT2D eigenvalue weighted by Gasteiger charge is -2.33. The normalized spacial score (nSPS) is 15.5. The zero-order valence-electron chi connectivity index (χ0n) is 15.1. The van der Waals surface area contributed by atoms with Crippen LogP contribution in [0.5, 0.6) is 0 Å². The van der Waals surface area contributed by atoms with Gasteiger partial charge in [0.05, 0.1) is 12.7 Å². The summed E-state index contributed by atoms with van der Waals surface area (Å²) in [5.74, 6) is 1.48. The van der Waals surface area contributed by atoms with Crippen LogP contribution in [0.4, 0.5) is 5.82 Å². The van der Waals surface area contributed by atoms with Crippen LogP contribution in [0.15, 0.2) is 41.3 Å². The first-order chi connectivity index (χ1) is 12.6. The summed E-state index contributed by atoms with van der Waals surface area (Å²) in [4.78, 5) is 30.6. The maximum atomic E-state index is 12.5. The monoisotopic (exact) mass is 350 g/mol. The third kappa shape index (κ3) is 3.17. The highest BCUT2D eigenvalue weighted by molar-refractivity contribution is 5.83. The van der Waals surface area contributed by atoms with E-state index in [9.17, 15) is 4.79 Å². The van der Waals surface area contributed by atoms with E-state index in [1.807, 2.05) is 37.3 Å². The van der Waals surface area contributed by atoms with Crippen molar-refractivity contribution in [3.63, 3.8) is 0 Å². The van der Waals surface area contributed by atoms with Gasteiger partial charge < -0.3 is 9.80 Å². The number of hydrogen-bond acceptors (Lipinski definition) is 6. The Kier molecular flexibility index (Phi) is 4.38. The van der Waals surface area contributed by atoms with Gasteiger partial charge in [-0.1, -0.05) is 30.3 Å². The average Bonchev–Trinajstić information content (AvgIpc) is 2.65. The van der Waals surface area contributed by atoms with E-state index in [4.69, 9.17) is 0 Å². The number of nitrogens with zero attached hydrogens (tertiary/aromatic N) is 6. The molecule has 3 aromatic rings. The minimum absolute atomic E-state index is 0.149. The molecule has 0 radical (unpaired) electrons. The quantitative estimate of drug-likeness (QED) is 0.709. The van der Waals surface area contributed by atoms with E-state index in [2.05, 4.69) is 31.8 Å². The van der Waals surface area contributed by atoms with Crippen molar-refractivity contribution < 1.29 is 0 Å². The summed E-state index contributed by atoms with van der Waals surface area (Å²) in [6.45, 7) is 6.08. The number of aryl methyl sites for hydroxylation is 1. The Balaban J connectivity index is 1.83. The summed E-state index contributed by atoms with van der Waals surface area (Å²) in [5.41, 5.74) is 2.20. The molecule has 1 aliphatic rings. The van der Waals surface area contributed by atoms with Crippen LogP contribution in [0, 0.1) is 6.92 Å². The molecule has 1 aliphatic heterocycles. The summed E-state index contributed by atoms with van der Waals surface area (Å²) < 4.78 is 1.69. The van der Waals surface area contributed by atoms with Gasteiger partial charge in [0, 0.05) is 26.2 Å². The lowest BCUT2D eigenvalue weighted by atomic mass is 10.2. The number of hydrogen-bond donors (Lipinski definition) is 0. The molecule has 7 heteroatoms. The predicted molar refractivity (Wildman–Crippen MR) is 102 cm³/mol. The Bertz CT molecular complexity index is 976. The second kappa shape index (κ2) is 6.84. The van der Waals surface area contributed by atoms with E-state index in [-0.39, 0.29) is 5.56 Å². The maximum Gasteiger partial charge on any atom is 0.270 e. The smallest absolute Gasteiger partial charge is 0.270 e. The molecule has 4 rings (SSSR count). The summed E-state index contributed by atoms with van der Waals surface area (Å²) in [7, 11) is 2.12. The van der Waals surface area contributed by atoms with Gasteiger partial charge in [-0.15, -0.1) is 0 Å². The molecule has 7 nitrogen and oxygen atoms in total. The maximum absolute atomic E-state index is 12.5. The fourth-order valence-corrected chi connectivity index (χ4v) is 3.29. The van der Waals surface area contributed by atoms with Gasteiger partial charge in [0.2, 0.25) is 0 Å². The number of fused-ring (bicyclic) bond motifs is 1. The lowest BCUT2D eigenvalue weighted by molar-refractivity contribution is 0.312. The van der Waals surface area contributed by atoms with Crippen molar-refractivity contribution in [3.05, 3.63) is 58.3 Å². The van der Waals surface area contributed by atoms with Crippen LogP contribution in [0.1, 0.15) is 11.4 Å². The van der Waals surface area contributed by atoms with Crippen molar-refractivity contribution in [1.82, 2.24) is 24.4 Å². The minimum atomic E-state index is -0.149. The molecule has 2 aromatic heterocycles. The second-order valence-electron chi connectivity index (χ2n) is 6.73. The van der Waals surface area contributed by atoms with Gasteiger partial charge >= 0.3 is 0 Å². The molecule has 1 aromatic carbocycles. The van der Waals surface area contributed by atoms with Crippen molar-refractivity contribution in [1.29, 1.82) is 0 Å². The van der Waals surface area contributed by atoms with Gasteiger partial charge in [-0.2, -0.15) is 0 Å². The van der Waals surface area contributed by atoms with Crippen LogP contribution < -0.4 is 10.5 Å². The van der Waals surface area contributed by atoms with Crippen LogP contribution in [0.3, 0.4) is 0 Å². The van der Waals surface area contributed by atoms with Crippen molar-refractivity contribution in [2.45, 2.75) is 13.5 Å². The molecule has 1 fully saturated rings. The van der Waals surface area contributed by atoms with Crippen LogP contribution in [0.2, 0.25) is 0 Å². The number of aromatic nitrogens is 4. The largest absolute Gasteiger partial charge is 0.352 e. The summed E-state index contributed by atoms with van der Waals surface area (Å²) >= 11 is 0. The minimum Gasteiger partial charge on any atom is -0.352 e. The Morgan fingerprint density at radius 3 is 2.50 bits per heavy atom. The van der Waals surface area contributed by atoms with Crippen LogP contribution in [0.25, 0.3) is 11.2 Å². The lowest BCUT2D eigenvalue weighted by Crippen LogP contribution is -2.45. The number of benzene rings is 1. The second-order valence-corrected chi connectivity index (χ2v) is 6.73. The van der Waals surface area contributed by atoms with Crippen LogP contribution >= 0.6 is 0 Å². The fraction of sp³-hybridized carbons (Fsp3) is 0.368. The van der Waals surface area contributed by atoms with Gasteiger partial charge in [0.1, 0.15) is 11.3 Å². The molecule has 0 N–H and O–H groups in total. The first kappa shape index (κ1) is 16.7. The molecule has 0 atom stereocenters. The van der Waals surface area contributed by atoms with Crippen molar-refractivity contribution in [3.8, 4) is 0 Å². The Morgan fingerprint density at radius 2 is 1.77 bits per heavy atom. The zero-order valence-corrected chi connectivity index (χ0v) is 15.1. The molecule has 3 heterocycles. The van der Waals surface area contributed by atoms with Gasteiger partial charge in [-0.25, -0.2) is 15.0 Å². The molecule has 0 saturated carbocycles. The molecular weight excluding hydrogens is 328 g/mol. The fourth-order valence-electron chi connectivity index (χ4n) is 3.29. The van der Waals surface area contributed by atoms with E-state index >= 15 is 0 Å². The molecule has 1 saturated heterocycles. The SMILES string of the molecule is Cc1nc(N2CCN(C)CC2)c2ncc(=O)n(Cc3ccccc3)c2n1. The van der Waals surface area contributed by atoms with Crippen molar-refractivity contribution in [2.24, 2.45) is 0 Å². The first-order valence-electron chi connectivity index (χ1n) is 8.83. The van der Waals surface area contributed by atoms with E-state index in [0.717, 1.165) is 37.6 Å². The highest BCUT2D eigenvalue weighted by Gasteiger charge is 2.21. The highest BCUT2D eigenvalue weighted by Crippen LogP contribution is 2.22. The molecule has 0 aliphatic carbocycles. The van der Waals surface area contributed by atoms with Crippen molar-refractivity contribution >= 4 is 17.0 Å². The summed E-state index contributed by atoms with van der Waals surface area (Å²) in [6, 6.07) is 9.93. The highest BCUT2D eigenvalue weighted by atomic mass is 16.1. The number of piperazine rings is 1. The molecule has 0 amide bonds. The number of anilines is 1. The molecule has 0 spiro atoms. The van der Waals surface area contributed by atoms with Crippen LogP contribution in [-0.4, -0.2) is 57.6 Å². The Labute approximate surface area is 151 Å². The predicted octanol–water partition coefficient (Wildman–Crippen LogP) is 1.30. The molecule has 26 heavy (non-hydrogen) atoms. The Hall–Kier alpha value is -2.80. The molecule has 134 valence electrons. The van der Waals surface area contributed by atoms with E-state index < -0.39 is 0 Å². The van der Waals surface area contributed by atoms with Gasteiger partial charge in [-0.3, -0.25) is 9.36 Å². The summed E-state index contributed by atoms with van der Waals surface area (Å²) in [6.07, 6.45) is 1.38. The first-order valence-corrected chi connectivity index (χ1v) is 8.83. The third-order valence-corrected chi connectivity index (χ3v) is 4.77. The van der Waals surface area contributed by atoms with Gasteiger partial charge in [0.25, 0.3) is 5.56 Å². The third-order valence-electron chi connectivity index (χ3n) is 4.77. The van der Waals surface area contributed by atoms with E-state index in [1.165, 1.54) is 6.20 Å². The zero-order chi connectivity index (χ0) is 18.1. The molecule has 0 unspecified atom stereocenters. The molecular formula is C19H22N6O. The van der Waals surface area contributed by atoms with E-state index in [0.29, 0.717) is 23.5 Å². The van der Waals surface area contributed by atoms with E-state index in [1.54, 1.807) is 4.57 Å². The topological polar surface area (TPSA) is 67.2 Å². The number of rotatable bonds is 3. The number of likely N-dealkylation sites (N-methyl/N-ethyl adjacent to an activating group) is 1. The van der Waals surface area contributed by atoms with Crippen molar-refractivity contribution in [2.75, 3.05) is 38.1 Å². The van der Waals surface area contributed by atoms with Gasteiger partial charge in [0.15, 0.2) is 11.5 Å². The van der Waals surface area contributed by atoms with Crippen LogP contribution in [-0.2, 0) is 6.54 Å². The average molecular weight is 350 g/mol. The molecule has 0 bridgehead atoms.